The Kier molecular flexibility index (Phi) is 6.56. The highest BCUT2D eigenvalue weighted by atomic mass is 32.1. The molecule has 0 atom stereocenters. The molecule has 0 unspecified atom stereocenters. The third kappa shape index (κ3) is 5.31. The Hall–Kier alpha value is -4.36. The van der Waals surface area contributed by atoms with Gasteiger partial charge in [-0.3, -0.25) is 14.6 Å². The molecule has 1 aromatic heterocycles. The monoisotopic (exact) mass is 495 g/mol. The van der Waals surface area contributed by atoms with E-state index in [0.29, 0.717) is 35.5 Å². The Labute approximate surface area is 212 Å². The first-order chi connectivity index (χ1) is 17.4. The quantitative estimate of drug-likeness (QED) is 0.235. The van der Waals surface area contributed by atoms with E-state index in [4.69, 9.17) is 5.73 Å². The first-order valence-electron chi connectivity index (χ1n) is 11.6. The van der Waals surface area contributed by atoms with Crippen LogP contribution in [0, 0.1) is 0 Å². The number of aromatic hydroxyl groups is 1. The minimum atomic E-state index is -0.255. The Bertz CT molecular complexity index is 1600. The molecule has 0 aliphatic rings. The number of nitrogens with two attached hydrogens (primary N) is 1. The molecule has 0 aliphatic heterocycles. The largest absolute Gasteiger partial charge is 0.494 e. The van der Waals surface area contributed by atoms with Gasteiger partial charge in [-0.15, -0.1) is 0 Å². The fraction of sp³-hybridized carbons (Fsp3) is 0.103. The molecule has 180 valence electrons. The fourth-order valence-electron chi connectivity index (χ4n) is 4.21. The van der Waals surface area contributed by atoms with Gasteiger partial charge in [-0.2, -0.15) is 0 Å². The van der Waals surface area contributed by atoms with Gasteiger partial charge >= 0.3 is 4.87 Å². The SMILES string of the molecule is Nc1ccc2cc(C(=O)NCCc3cccc(-c4ccc(Cc5sc(=O)[nH]c5O)cc4)c3)ccc2c1. The summed E-state index contributed by atoms with van der Waals surface area (Å²) in [6.45, 7) is 0.532. The average Bonchev–Trinajstić information content (AvgIpc) is 3.20. The predicted molar refractivity (Wildman–Crippen MR) is 146 cm³/mol. The van der Waals surface area contributed by atoms with Crippen LogP contribution in [0.4, 0.5) is 5.69 Å². The Morgan fingerprint density at radius 1 is 0.889 bits per heavy atom. The number of aromatic nitrogens is 1. The van der Waals surface area contributed by atoms with Gasteiger partial charge in [-0.1, -0.05) is 72.0 Å². The summed E-state index contributed by atoms with van der Waals surface area (Å²) in [6.07, 6.45) is 1.22. The number of carbonyl (C=O) groups is 1. The molecule has 5 N–H and O–H groups in total. The Morgan fingerprint density at radius 2 is 1.67 bits per heavy atom. The van der Waals surface area contributed by atoms with Gasteiger partial charge in [0.25, 0.3) is 5.91 Å². The third-order valence-electron chi connectivity index (χ3n) is 6.11. The minimum Gasteiger partial charge on any atom is -0.494 e. The molecule has 5 rings (SSSR count). The van der Waals surface area contributed by atoms with Crippen molar-refractivity contribution in [2.75, 3.05) is 12.3 Å². The molecule has 0 saturated carbocycles. The summed E-state index contributed by atoms with van der Waals surface area (Å²) in [6, 6.07) is 27.6. The van der Waals surface area contributed by atoms with E-state index >= 15 is 0 Å². The van der Waals surface area contributed by atoms with Crippen LogP contribution in [0.3, 0.4) is 0 Å². The molecule has 5 aromatic rings. The Balaban J connectivity index is 1.20. The molecule has 4 aromatic carbocycles. The first kappa shape index (κ1) is 23.4. The van der Waals surface area contributed by atoms with Crippen LogP contribution in [-0.4, -0.2) is 22.5 Å². The summed E-state index contributed by atoms with van der Waals surface area (Å²) in [5.41, 5.74) is 11.5. The van der Waals surface area contributed by atoms with Crippen molar-refractivity contribution in [2.24, 2.45) is 0 Å². The van der Waals surface area contributed by atoms with Crippen molar-refractivity contribution < 1.29 is 9.90 Å². The number of H-pyrrole nitrogens is 1. The standard InChI is InChI=1S/C29H25N3O3S/c30-25-11-10-22-16-24(9-8-23(22)17-25)27(33)31-13-12-18-2-1-3-21(14-18)20-6-4-19(5-7-20)15-26-28(34)32-29(35)36-26/h1-11,14,16-17,34H,12-13,15,30H2,(H,31,33)(H,32,35). The lowest BCUT2D eigenvalue weighted by Crippen LogP contribution is -2.25. The molecule has 36 heavy (non-hydrogen) atoms. The van der Waals surface area contributed by atoms with Gasteiger partial charge < -0.3 is 16.2 Å². The van der Waals surface area contributed by atoms with Crippen LogP contribution in [0.1, 0.15) is 26.4 Å². The number of amides is 1. The average molecular weight is 496 g/mol. The van der Waals surface area contributed by atoms with Crippen molar-refractivity contribution in [1.29, 1.82) is 0 Å². The second-order valence-corrected chi connectivity index (χ2v) is 9.76. The van der Waals surface area contributed by atoms with E-state index < -0.39 is 0 Å². The maximum atomic E-state index is 12.6. The zero-order valence-electron chi connectivity index (χ0n) is 19.5. The number of rotatable bonds is 7. The van der Waals surface area contributed by atoms with E-state index in [0.717, 1.165) is 44.4 Å². The van der Waals surface area contributed by atoms with Crippen LogP contribution in [0.5, 0.6) is 5.88 Å². The lowest BCUT2D eigenvalue weighted by Gasteiger charge is -2.09. The molecule has 0 radical (unpaired) electrons. The smallest absolute Gasteiger partial charge is 0.307 e. The topological polar surface area (TPSA) is 108 Å². The number of anilines is 1. The van der Waals surface area contributed by atoms with Gasteiger partial charge in [0.1, 0.15) is 0 Å². The summed E-state index contributed by atoms with van der Waals surface area (Å²) in [5.74, 6) is -0.154. The van der Waals surface area contributed by atoms with Crippen LogP contribution >= 0.6 is 11.3 Å². The maximum absolute atomic E-state index is 12.6. The molecule has 0 aliphatic carbocycles. The second-order valence-electron chi connectivity index (χ2n) is 8.69. The minimum absolute atomic E-state index is 0.0559. The van der Waals surface area contributed by atoms with Crippen molar-refractivity contribution in [3.8, 4) is 17.0 Å². The van der Waals surface area contributed by atoms with Crippen molar-refractivity contribution >= 4 is 33.7 Å². The summed E-state index contributed by atoms with van der Waals surface area (Å²) >= 11 is 1.03. The summed E-state index contributed by atoms with van der Waals surface area (Å²) < 4.78 is 0. The molecule has 1 amide bonds. The first-order valence-corrected chi connectivity index (χ1v) is 12.4. The van der Waals surface area contributed by atoms with E-state index in [1.54, 1.807) is 0 Å². The van der Waals surface area contributed by atoms with Gasteiger partial charge in [0, 0.05) is 24.2 Å². The van der Waals surface area contributed by atoms with E-state index in [9.17, 15) is 14.7 Å². The third-order valence-corrected chi connectivity index (χ3v) is 6.98. The van der Waals surface area contributed by atoms with Crippen LogP contribution in [-0.2, 0) is 12.8 Å². The number of benzene rings is 4. The normalized spacial score (nSPS) is 11.0. The molecule has 0 spiro atoms. The molecule has 0 saturated heterocycles. The summed E-state index contributed by atoms with van der Waals surface area (Å²) in [4.78, 5) is 26.8. The van der Waals surface area contributed by atoms with Gasteiger partial charge in [0.2, 0.25) is 5.88 Å². The van der Waals surface area contributed by atoms with Crippen LogP contribution < -0.4 is 15.9 Å². The van der Waals surface area contributed by atoms with E-state index in [1.165, 1.54) is 0 Å². The molecule has 0 fully saturated rings. The zero-order valence-corrected chi connectivity index (χ0v) is 20.3. The number of hydrogen-bond acceptors (Lipinski definition) is 5. The number of carbonyl (C=O) groups excluding carboxylic acids is 1. The molecule has 1 heterocycles. The second kappa shape index (κ2) is 10.1. The van der Waals surface area contributed by atoms with Gasteiger partial charge in [0.15, 0.2) is 0 Å². The van der Waals surface area contributed by atoms with E-state index in [-0.39, 0.29) is 16.7 Å². The fourth-order valence-corrected chi connectivity index (χ4v) is 4.96. The van der Waals surface area contributed by atoms with E-state index in [2.05, 4.69) is 28.5 Å². The molecular formula is C29H25N3O3S. The van der Waals surface area contributed by atoms with Gasteiger partial charge in [-0.25, -0.2) is 0 Å². The van der Waals surface area contributed by atoms with Gasteiger partial charge in [-0.05, 0) is 63.7 Å². The van der Waals surface area contributed by atoms with Crippen molar-refractivity contribution in [1.82, 2.24) is 10.3 Å². The van der Waals surface area contributed by atoms with Gasteiger partial charge in [0.05, 0.1) is 4.88 Å². The highest BCUT2D eigenvalue weighted by Gasteiger charge is 2.09. The number of fused-ring (bicyclic) bond motifs is 1. The van der Waals surface area contributed by atoms with Crippen LogP contribution in [0.25, 0.3) is 21.9 Å². The van der Waals surface area contributed by atoms with Crippen molar-refractivity contribution in [2.45, 2.75) is 12.8 Å². The van der Waals surface area contributed by atoms with Crippen molar-refractivity contribution in [3.63, 3.8) is 0 Å². The molecular weight excluding hydrogens is 470 g/mol. The highest BCUT2D eigenvalue weighted by Crippen LogP contribution is 2.25. The number of nitrogen functional groups attached to an aromatic ring is 1. The molecule has 0 bridgehead atoms. The summed E-state index contributed by atoms with van der Waals surface area (Å²) in [7, 11) is 0. The van der Waals surface area contributed by atoms with Crippen LogP contribution in [0.2, 0.25) is 0 Å². The van der Waals surface area contributed by atoms with E-state index in [1.807, 2.05) is 66.7 Å². The number of hydrogen-bond donors (Lipinski definition) is 4. The number of thiazole rings is 1. The predicted octanol–water partition coefficient (Wildman–Crippen LogP) is 5.11. The number of aromatic amines is 1. The van der Waals surface area contributed by atoms with Crippen LogP contribution in [0.15, 0.2) is 89.7 Å². The maximum Gasteiger partial charge on any atom is 0.307 e. The molecule has 7 heteroatoms. The lowest BCUT2D eigenvalue weighted by molar-refractivity contribution is 0.0954. The molecule has 6 nitrogen and oxygen atoms in total. The highest BCUT2D eigenvalue weighted by molar-refractivity contribution is 7.09. The Morgan fingerprint density at radius 3 is 2.44 bits per heavy atom. The lowest BCUT2D eigenvalue weighted by atomic mass is 10.00. The summed E-state index contributed by atoms with van der Waals surface area (Å²) in [5, 5.41) is 14.8. The number of nitrogens with one attached hydrogen (secondary N) is 2. The van der Waals surface area contributed by atoms with Crippen molar-refractivity contribution in [3.05, 3.63) is 116 Å². The zero-order chi connectivity index (χ0) is 25.1.